The minimum atomic E-state index is -0.0137. The van der Waals surface area contributed by atoms with Crippen molar-refractivity contribution in [2.45, 2.75) is 18.9 Å². The van der Waals surface area contributed by atoms with E-state index < -0.39 is 0 Å². The Morgan fingerprint density at radius 3 is 2.72 bits per heavy atom. The van der Waals surface area contributed by atoms with Gasteiger partial charge in [0.15, 0.2) is 6.61 Å². The van der Waals surface area contributed by atoms with Gasteiger partial charge in [0, 0.05) is 11.6 Å². The van der Waals surface area contributed by atoms with Gasteiger partial charge in [-0.05, 0) is 64.7 Å². The fraction of sp³-hybridized carbons (Fsp3) is 0.316. The molecule has 1 aliphatic heterocycles. The molecule has 0 aromatic heterocycles. The molecule has 1 saturated heterocycles. The van der Waals surface area contributed by atoms with E-state index in [-0.39, 0.29) is 18.6 Å². The van der Waals surface area contributed by atoms with E-state index in [9.17, 15) is 4.79 Å². The highest BCUT2D eigenvalue weighted by atomic mass is 79.9. The van der Waals surface area contributed by atoms with E-state index in [1.807, 2.05) is 29.2 Å². The summed E-state index contributed by atoms with van der Waals surface area (Å²) < 4.78 is 11.6. The van der Waals surface area contributed by atoms with E-state index in [2.05, 4.69) is 15.9 Å². The van der Waals surface area contributed by atoms with Crippen molar-refractivity contribution < 1.29 is 14.3 Å². The molecule has 0 radical (unpaired) electrons. The third-order valence-electron chi connectivity index (χ3n) is 4.32. The van der Waals surface area contributed by atoms with Crippen LogP contribution in [-0.2, 0) is 4.79 Å². The lowest BCUT2D eigenvalue weighted by molar-refractivity contribution is -0.134. The highest BCUT2D eigenvalue weighted by Crippen LogP contribution is 2.33. The summed E-state index contributed by atoms with van der Waals surface area (Å²) in [6, 6.07) is 13.2. The van der Waals surface area contributed by atoms with Crippen LogP contribution in [0, 0.1) is 0 Å². The Labute approximate surface area is 160 Å². The van der Waals surface area contributed by atoms with Gasteiger partial charge < -0.3 is 14.4 Å². The third-order valence-corrected chi connectivity index (χ3v) is 5.17. The zero-order chi connectivity index (χ0) is 17.8. The van der Waals surface area contributed by atoms with Crippen LogP contribution in [0.3, 0.4) is 0 Å². The summed E-state index contributed by atoms with van der Waals surface area (Å²) in [5, 5.41) is 0.615. The largest absolute Gasteiger partial charge is 0.497 e. The summed E-state index contributed by atoms with van der Waals surface area (Å²) in [5.41, 5.74) is 1.12. The summed E-state index contributed by atoms with van der Waals surface area (Å²) in [6.07, 6.45) is 1.95. The van der Waals surface area contributed by atoms with E-state index in [1.54, 1.807) is 25.3 Å². The number of carbonyl (C=O) groups is 1. The second-order valence-corrected chi connectivity index (χ2v) is 7.17. The van der Waals surface area contributed by atoms with Gasteiger partial charge in [0.1, 0.15) is 11.5 Å². The van der Waals surface area contributed by atoms with E-state index in [0.717, 1.165) is 35.2 Å². The molecule has 1 atom stereocenters. The summed E-state index contributed by atoms with van der Waals surface area (Å²) >= 11 is 9.32. The lowest BCUT2D eigenvalue weighted by Gasteiger charge is -2.25. The molecular weight excluding hydrogens is 406 g/mol. The first-order valence-electron chi connectivity index (χ1n) is 8.10. The number of amides is 1. The number of carbonyl (C=O) groups excluding carboxylic acids is 1. The normalized spacial score (nSPS) is 16.8. The molecule has 0 N–H and O–H groups in total. The Balaban J connectivity index is 1.65. The van der Waals surface area contributed by atoms with Crippen molar-refractivity contribution in [3.05, 3.63) is 57.5 Å². The predicted molar refractivity (Wildman–Crippen MR) is 101 cm³/mol. The maximum atomic E-state index is 12.6. The monoisotopic (exact) mass is 423 g/mol. The van der Waals surface area contributed by atoms with Crippen LogP contribution < -0.4 is 9.47 Å². The fourth-order valence-corrected chi connectivity index (χ4v) is 3.85. The number of hydrogen-bond donors (Lipinski definition) is 0. The zero-order valence-electron chi connectivity index (χ0n) is 13.9. The quantitative estimate of drug-likeness (QED) is 0.688. The van der Waals surface area contributed by atoms with E-state index >= 15 is 0 Å². The van der Waals surface area contributed by atoms with Gasteiger partial charge in [0.2, 0.25) is 0 Å². The second kappa shape index (κ2) is 8.11. The number of hydrogen-bond acceptors (Lipinski definition) is 3. The number of ether oxygens (including phenoxy) is 2. The van der Waals surface area contributed by atoms with Gasteiger partial charge in [-0.15, -0.1) is 0 Å². The van der Waals surface area contributed by atoms with Gasteiger partial charge in [-0.2, -0.15) is 0 Å². The van der Waals surface area contributed by atoms with Gasteiger partial charge >= 0.3 is 0 Å². The van der Waals surface area contributed by atoms with Crippen molar-refractivity contribution in [3.63, 3.8) is 0 Å². The molecule has 0 aliphatic carbocycles. The molecule has 6 heteroatoms. The summed E-state index contributed by atoms with van der Waals surface area (Å²) in [5.74, 6) is 1.41. The molecular formula is C19H19BrClNO3. The van der Waals surface area contributed by atoms with Crippen LogP contribution in [0.5, 0.6) is 11.5 Å². The van der Waals surface area contributed by atoms with Crippen molar-refractivity contribution in [1.82, 2.24) is 4.90 Å². The van der Waals surface area contributed by atoms with Crippen molar-refractivity contribution in [2.75, 3.05) is 20.3 Å². The maximum Gasteiger partial charge on any atom is 0.261 e. The molecule has 1 fully saturated rings. The Morgan fingerprint density at radius 2 is 2.04 bits per heavy atom. The smallest absolute Gasteiger partial charge is 0.261 e. The van der Waals surface area contributed by atoms with Crippen molar-refractivity contribution in [2.24, 2.45) is 0 Å². The molecule has 0 bridgehead atoms. The predicted octanol–water partition coefficient (Wildman–Crippen LogP) is 4.85. The van der Waals surface area contributed by atoms with Crippen molar-refractivity contribution in [1.29, 1.82) is 0 Å². The topological polar surface area (TPSA) is 38.8 Å². The minimum absolute atomic E-state index is 0.00683. The van der Waals surface area contributed by atoms with Gasteiger partial charge in [0.05, 0.1) is 17.6 Å². The Bertz CT molecular complexity index is 751. The summed E-state index contributed by atoms with van der Waals surface area (Å²) in [6.45, 7) is 0.758. The first kappa shape index (κ1) is 18.1. The van der Waals surface area contributed by atoms with Crippen LogP contribution in [0.15, 0.2) is 46.9 Å². The van der Waals surface area contributed by atoms with Gasteiger partial charge in [-0.3, -0.25) is 4.79 Å². The third kappa shape index (κ3) is 4.28. The molecule has 0 spiro atoms. The lowest BCUT2D eigenvalue weighted by Crippen LogP contribution is -2.34. The van der Waals surface area contributed by atoms with Crippen LogP contribution >= 0.6 is 27.5 Å². The first-order valence-corrected chi connectivity index (χ1v) is 9.27. The average Bonchev–Trinajstić information content (AvgIpc) is 3.10. The Morgan fingerprint density at radius 1 is 1.28 bits per heavy atom. The first-order chi connectivity index (χ1) is 12.1. The fourth-order valence-electron chi connectivity index (χ4n) is 3.05. The number of nitrogens with zero attached hydrogens (tertiary/aromatic N) is 1. The highest BCUT2D eigenvalue weighted by molar-refractivity contribution is 9.10. The van der Waals surface area contributed by atoms with E-state index in [1.165, 1.54) is 0 Å². The summed E-state index contributed by atoms with van der Waals surface area (Å²) in [4.78, 5) is 14.5. The van der Waals surface area contributed by atoms with Crippen LogP contribution in [0.2, 0.25) is 5.02 Å². The van der Waals surface area contributed by atoms with E-state index in [4.69, 9.17) is 21.1 Å². The number of rotatable bonds is 5. The molecule has 1 aliphatic rings. The SMILES string of the molecule is COc1ccc([C@H]2CCCN2C(=O)COc2ccc(Cl)cc2Br)cc1. The van der Waals surface area contributed by atoms with Crippen LogP contribution in [-0.4, -0.2) is 31.1 Å². The Hall–Kier alpha value is -1.72. The minimum Gasteiger partial charge on any atom is -0.497 e. The average molecular weight is 425 g/mol. The van der Waals surface area contributed by atoms with Crippen molar-refractivity contribution >= 4 is 33.4 Å². The second-order valence-electron chi connectivity index (χ2n) is 5.88. The molecule has 3 rings (SSSR count). The van der Waals surface area contributed by atoms with Crippen molar-refractivity contribution in [3.8, 4) is 11.5 Å². The van der Waals surface area contributed by atoms with Gasteiger partial charge in [0.25, 0.3) is 5.91 Å². The highest BCUT2D eigenvalue weighted by Gasteiger charge is 2.30. The van der Waals surface area contributed by atoms with Crippen LogP contribution in [0.4, 0.5) is 0 Å². The van der Waals surface area contributed by atoms with Gasteiger partial charge in [-0.1, -0.05) is 23.7 Å². The molecule has 132 valence electrons. The Kier molecular flexibility index (Phi) is 5.86. The summed E-state index contributed by atoms with van der Waals surface area (Å²) in [7, 11) is 1.65. The molecule has 2 aromatic rings. The lowest BCUT2D eigenvalue weighted by atomic mass is 10.0. The van der Waals surface area contributed by atoms with E-state index in [0.29, 0.717) is 10.8 Å². The molecule has 0 unspecified atom stereocenters. The zero-order valence-corrected chi connectivity index (χ0v) is 16.2. The molecule has 0 saturated carbocycles. The number of halogens is 2. The maximum absolute atomic E-state index is 12.6. The molecule has 25 heavy (non-hydrogen) atoms. The van der Waals surface area contributed by atoms with Gasteiger partial charge in [-0.25, -0.2) is 0 Å². The number of likely N-dealkylation sites (tertiary alicyclic amines) is 1. The van der Waals surface area contributed by atoms with Crippen LogP contribution in [0.1, 0.15) is 24.4 Å². The number of methoxy groups -OCH3 is 1. The standard InChI is InChI=1S/C19H19BrClNO3/c1-24-15-7-4-13(5-8-15)17-3-2-10-22(17)19(23)12-25-18-9-6-14(21)11-16(18)20/h4-9,11,17H,2-3,10,12H2,1H3/t17-/m1/s1. The molecule has 4 nitrogen and oxygen atoms in total. The molecule has 2 aromatic carbocycles. The number of benzene rings is 2. The molecule has 1 heterocycles. The molecule has 1 amide bonds. The van der Waals surface area contributed by atoms with Crippen LogP contribution in [0.25, 0.3) is 0 Å².